The molecular formula is C16H30N2O2. The number of nitrogens with zero attached hydrogens (tertiary/aromatic N) is 1. The third-order valence-electron chi connectivity index (χ3n) is 4.62. The van der Waals surface area contributed by atoms with Crippen LogP contribution in [0.5, 0.6) is 0 Å². The lowest BCUT2D eigenvalue weighted by Gasteiger charge is -2.41. The van der Waals surface area contributed by atoms with Crippen LogP contribution in [0.25, 0.3) is 0 Å². The number of ether oxygens (including phenoxy) is 1. The molecular weight excluding hydrogens is 252 g/mol. The van der Waals surface area contributed by atoms with Crippen molar-refractivity contribution in [1.29, 1.82) is 0 Å². The third-order valence-corrected chi connectivity index (χ3v) is 4.62. The number of likely N-dealkylation sites (tertiary alicyclic amines) is 1. The van der Waals surface area contributed by atoms with Crippen LogP contribution in [-0.2, 0) is 9.53 Å². The van der Waals surface area contributed by atoms with Crippen molar-refractivity contribution < 1.29 is 9.53 Å². The minimum absolute atomic E-state index is 0.0336. The Morgan fingerprint density at radius 2 is 1.85 bits per heavy atom. The van der Waals surface area contributed by atoms with E-state index < -0.39 is 0 Å². The number of nitrogens with one attached hydrogen (secondary N) is 1. The minimum Gasteiger partial charge on any atom is -0.381 e. The molecule has 4 heteroatoms. The van der Waals surface area contributed by atoms with E-state index >= 15 is 0 Å². The number of hydrogen-bond donors (Lipinski definition) is 1. The predicted molar refractivity (Wildman–Crippen MR) is 80.7 cm³/mol. The molecule has 1 N–H and O–H groups in total. The van der Waals surface area contributed by atoms with E-state index in [-0.39, 0.29) is 11.4 Å². The molecule has 0 bridgehead atoms. The number of rotatable bonds is 7. The summed E-state index contributed by atoms with van der Waals surface area (Å²) in [6.07, 6.45) is 9.22. The van der Waals surface area contributed by atoms with Crippen molar-refractivity contribution >= 4 is 5.91 Å². The van der Waals surface area contributed by atoms with Crippen molar-refractivity contribution in [2.45, 2.75) is 63.8 Å². The van der Waals surface area contributed by atoms with Gasteiger partial charge in [0.05, 0.1) is 12.1 Å². The van der Waals surface area contributed by atoms with Gasteiger partial charge in [0.1, 0.15) is 0 Å². The van der Waals surface area contributed by atoms with Crippen LogP contribution < -0.4 is 5.32 Å². The Morgan fingerprint density at radius 3 is 2.50 bits per heavy atom. The van der Waals surface area contributed by atoms with E-state index in [0.29, 0.717) is 19.6 Å². The molecule has 1 saturated heterocycles. The van der Waals surface area contributed by atoms with Gasteiger partial charge in [-0.3, -0.25) is 4.79 Å². The Bertz CT molecular complexity index is 295. The van der Waals surface area contributed by atoms with E-state index in [4.69, 9.17) is 4.74 Å². The zero-order valence-electron chi connectivity index (χ0n) is 13.0. The summed E-state index contributed by atoms with van der Waals surface area (Å²) in [5, 5.41) is 3.36. The molecule has 1 amide bonds. The molecule has 1 heterocycles. The molecule has 2 rings (SSSR count). The second-order valence-electron chi connectivity index (χ2n) is 6.32. The third kappa shape index (κ3) is 4.74. The van der Waals surface area contributed by atoms with Crippen LogP contribution in [0.15, 0.2) is 0 Å². The Labute approximate surface area is 123 Å². The quantitative estimate of drug-likeness (QED) is 0.729. The minimum atomic E-state index is 0.0336. The van der Waals surface area contributed by atoms with Gasteiger partial charge in [0.25, 0.3) is 0 Å². The first-order valence-corrected chi connectivity index (χ1v) is 8.35. The monoisotopic (exact) mass is 282 g/mol. The van der Waals surface area contributed by atoms with Gasteiger partial charge in [0.2, 0.25) is 5.91 Å². The average molecular weight is 282 g/mol. The van der Waals surface area contributed by atoms with Gasteiger partial charge in [0, 0.05) is 19.6 Å². The second-order valence-corrected chi connectivity index (χ2v) is 6.32. The summed E-state index contributed by atoms with van der Waals surface area (Å²) in [7, 11) is 0. The number of amides is 1. The molecule has 2 aliphatic rings. The van der Waals surface area contributed by atoms with Crippen LogP contribution in [0.4, 0.5) is 0 Å². The zero-order valence-corrected chi connectivity index (χ0v) is 13.0. The first kappa shape index (κ1) is 15.8. The molecule has 1 aliphatic carbocycles. The smallest absolute Gasteiger partial charge is 0.222 e. The van der Waals surface area contributed by atoms with Crippen molar-refractivity contribution in [2.75, 3.05) is 32.8 Å². The SMILES string of the molecule is CCOCCC(=O)NC1(CN2CCCC2)CCCCC1. The maximum absolute atomic E-state index is 12.2. The van der Waals surface area contributed by atoms with Crippen LogP contribution in [0, 0.1) is 0 Å². The van der Waals surface area contributed by atoms with Gasteiger partial charge in [-0.1, -0.05) is 19.3 Å². The Balaban J connectivity index is 1.86. The fourth-order valence-corrected chi connectivity index (χ4v) is 3.59. The molecule has 0 spiro atoms. The fraction of sp³-hybridized carbons (Fsp3) is 0.938. The lowest BCUT2D eigenvalue weighted by atomic mass is 9.81. The maximum Gasteiger partial charge on any atom is 0.222 e. The molecule has 0 aromatic rings. The second kappa shape index (κ2) is 7.99. The highest BCUT2D eigenvalue weighted by molar-refractivity contribution is 5.77. The molecule has 0 aromatic heterocycles. The topological polar surface area (TPSA) is 41.6 Å². The van der Waals surface area contributed by atoms with Crippen LogP contribution >= 0.6 is 0 Å². The largest absolute Gasteiger partial charge is 0.381 e. The molecule has 1 saturated carbocycles. The van der Waals surface area contributed by atoms with Crippen molar-refractivity contribution in [3.05, 3.63) is 0 Å². The molecule has 0 atom stereocenters. The molecule has 1 aliphatic heterocycles. The van der Waals surface area contributed by atoms with Gasteiger partial charge in [-0.05, 0) is 45.7 Å². The van der Waals surface area contributed by atoms with Gasteiger partial charge in [0.15, 0.2) is 0 Å². The Kier molecular flexibility index (Phi) is 6.30. The van der Waals surface area contributed by atoms with Crippen molar-refractivity contribution in [2.24, 2.45) is 0 Å². The van der Waals surface area contributed by atoms with Gasteiger partial charge in [-0.15, -0.1) is 0 Å². The summed E-state index contributed by atoms with van der Waals surface area (Å²) < 4.78 is 5.29. The van der Waals surface area contributed by atoms with Crippen molar-refractivity contribution in [1.82, 2.24) is 10.2 Å². The van der Waals surface area contributed by atoms with E-state index in [2.05, 4.69) is 10.2 Å². The summed E-state index contributed by atoms with van der Waals surface area (Å²) in [5.41, 5.74) is 0.0336. The highest BCUT2D eigenvalue weighted by Crippen LogP contribution is 2.30. The summed E-state index contributed by atoms with van der Waals surface area (Å²) in [5.74, 6) is 0.166. The molecule has 0 aromatic carbocycles. The standard InChI is InChI=1S/C16H30N2O2/c1-2-20-13-8-15(19)17-16(9-4-3-5-10-16)14-18-11-6-7-12-18/h2-14H2,1H3,(H,17,19). The molecule has 116 valence electrons. The maximum atomic E-state index is 12.2. The fourth-order valence-electron chi connectivity index (χ4n) is 3.59. The lowest BCUT2D eigenvalue weighted by Crippen LogP contribution is -2.56. The molecule has 0 radical (unpaired) electrons. The van der Waals surface area contributed by atoms with E-state index in [1.54, 1.807) is 0 Å². The van der Waals surface area contributed by atoms with Gasteiger partial charge in [-0.25, -0.2) is 0 Å². The summed E-state index contributed by atoms with van der Waals surface area (Å²) in [6, 6.07) is 0. The van der Waals surface area contributed by atoms with E-state index in [0.717, 1.165) is 19.4 Å². The van der Waals surface area contributed by atoms with Gasteiger partial charge < -0.3 is 15.0 Å². The first-order chi connectivity index (χ1) is 9.74. The zero-order chi connectivity index (χ0) is 14.3. The highest BCUT2D eigenvalue weighted by atomic mass is 16.5. The van der Waals surface area contributed by atoms with Crippen LogP contribution in [0.2, 0.25) is 0 Å². The van der Waals surface area contributed by atoms with E-state index in [1.807, 2.05) is 6.92 Å². The average Bonchev–Trinajstić information content (AvgIpc) is 2.92. The van der Waals surface area contributed by atoms with Crippen molar-refractivity contribution in [3.8, 4) is 0 Å². The highest BCUT2D eigenvalue weighted by Gasteiger charge is 2.35. The number of carbonyl (C=O) groups excluding carboxylic acids is 1. The Morgan fingerprint density at radius 1 is 1.15 bits per heavy atom. The number of hydrogen-bond acceptors (Lipinski definition) is 3. The number of carbonyl (C=O) groups is 1. The van der Waals surface area contributed by atoms with Crippen molar-refractivity contribution in [3.63, 3.8) is 0 Å². The normalized spacial score (nSPS) is 22.9. The summed E-state index contributed by atoms with van der Waals surface area (Å²) >= 11 is 0. The van der Waals surface area contributed by atoms with Gasteiger partial charge in [-0.2, -0.15) is 0 Å². The summed E-state index contributed by atoms with van der Waals surface area (Å²) in [6.45, 7) is 6.66. The van der Waals surface area contributed by atoms with Gasteiger partial charge >= 0.3 is 0 Å². The molecule has 4 nitrogen and oxygen atoms in total. The first-order valence-electron chi connectivity index (χ1n) is 8.35. The van der Waals surface area contributed by atoms with E-state index in [9.17, 15) is 4.79 Å². The summed E-state index contributed by atoms with van der Waals surface area (Å²) in [4.78, 5) is 14.7. The van der Waals surface area contributed by atoms with Crippen LogP contribution in [0.3, 0.4) is 0 Å². The van der Waals surface area contributed by atoms with E-state index in [1.165, 1.54) is 45.2 Å². The predicted octanol–water partition coefficient (Wildman–Crippen LogP) is 2.33. The molecule has 20 heavy (non-hydrogen) atoms. The Hall–Kier alpha value is -0.610. The molecule has 0 unspecified atom stereocenters. The lowest BCUT2D eigenvalue weighted by molar-refractivity contribution is -0.124. The molecule has 2 fully saturated rings. The van der Waals surface area contributed by atoms with Crippen LogP contribution in [0.1, 0.15) is 58.3 Å². The van der Waals surface area contributed by atoms with Crippen LogP contribution in [-0.4, -0.2) is 49.2 Å².